The van der Waals surface area contributed by atoms with Gasteiger partial charge >= 0.3 is 0 Å². The molecule has 23 heavy (non-hydrogen) atoms. The number of amides is 2. The summed E-state index contributed by atoms with van der Waals surface area (Å²) in [5.74, 6) is 0.605. The number of nitrogens with zero attached hydrogens (tertiary/aromatic N) is 3. The number of hydrogen-bond acceptors (Lipinski definition) is 6. The van der Waals surface area contributed by atoms with Crippen LogP contribution < -0.4 is 0 Å². The average molecular weight is 375 g/mol. The lowest BCUT2D eigenvalue weighted by Gasteiger charge is -2.34. The number of thiophene rings is 1. The van der Waals surface area contributed by atoms with Crippen LogP contribution in [-0.4, -0.2) is 78.7 Å². The van der Waals surface area contributed by atoms with Gasteiger partial charge in [0.2, 0.25) is 5.91 Å². The van der Waals surface area contributed by atoms with Gasteiger partial charge in [-0.2, -0.15) is 4.31 Å². The second-order valence-electron chi connectivity index (χ2n) is 5.25. The van der Waals surface area contributed by atoms with Gasteiger partial charge in [0.1, 0.15) is 10.8 Å². The highest BCUT2D eigenvalue weighted by Crippen LogP contribution is 2.22. The minimum Gasteiger partial charge on any atom is -0.339 e. The minimum absolute atomic E-state index is 0.0581. The van der Waals surface area contributed by atoms with Crippen LogP contribution in [0, 0.1) is 0 Å². The lowest BCUT2D eigenvalue weighted by molar-refractivity contribution is -0.132. The van der Waals surface area contributed by atoms with Crippen molar-refractivity contribution in [1.82, 2.24) is 14.1 Å². The third kappa shape index (κ3) is 3.54. The molecule has 0 spiro atoms. The number of hydrogen-bond donors (Lipinski definition) is 0. The standard InChI is InChI=1S/C13H17N3O4S3/c17-11(10-15-7-9-22-13(15)18)14-3-5-16(6-4-14)23(19,20)12-2-1-8-21-12/h1-2,8H,3-7,9-10H2. The van der Waals surface area contributed by atoms with E-state index in [9.17, 15) is 18.0 Å². The second kappa shape index (κ2) is 6.80. The van der Waals surface area contributed by atoms with E-state index in [1.807, 2.05) is 0 Å². The fourth-order valence-electron chi connectivity index (χ4n) is 2.55. The van der Waals surface area contributed by atoms with Gasteiger partial charge < -0.3 is 9.80 Å². The topological polar surface area (TPSA) is 78.0 Å². The monoisotopic (exact) mass is 375 g/mol. The van der Waals surface area contributed by atoms with Gasteiger partial charge in [0.15, 0.2) is 0 Å². The molecule has 3 rings (SSSR count). The van der Waals surface area contributed by atoms with Gasteiger partial charge in [-0.1, -0.05) is 17.8 Å². The molecule has 0 atom stereocenters. The fourth-order valence-corrected chi connectivity index (χ4v) is 5.94. The lowest BCUT2D eigenvalue weighted by atomic mass is 10.3. The number of rotatable bonds is 4. The molecule has 3 heterocycles. The zero-order valence-electron chi connectivity index (χ0n) is 12.4. The molecule has 0 unspecified atom stereocenters. The predicted octanol–water partition coefficient (Wildman–Crippen LogP) is 0.750. The van der Waals surface area contributed by atoms with Gasteiger partial charge in [-0.3, -0.25) is 9.59 Å². The van der Waals surface area contributed by atoms with E-state index >= 15 is 0 Å². The summed E-state index contributed by atoms with van der Waals surface area (Å²) in [4.78, 5) is 27.0. The number of carbonyl (C=O) groups excluding carboxylic acids is 2. The lowest BCUT2D eigenvalue weighted by Crippen LogP contribution is -2.52. The highest BCUT2D eigenvalue weighted by Gasteiger charge is 2.32. The Balaban J connectivity index is 1.56. The molecular weight excluding hydrogens is 358 g/mol. The quantitative estimate of drug-likeness (QED) is 0.776. The van der Waals surface area contributed by atoms with Crippen LogP contribution in [-0.2, 0) is 14.8 Å². The summed E-state index contributed by atoms with van der Waals surface area (Å²) in [5, 5.41) is 1.68. The molecule has 2 amide bonds. The molecule has 1 aromatic rings. The number of sulfonamides is 1. The largest absolute Gasteiger partial charge is 0.339 e. The summed E-state index contributed by atoms with van der Waals surface area (Å²) >= 11 is 2.42. The van der Waals surface area contributed by atoms with Crippen molar-refractivity contribution >= 4 is 44.3 Å². The van der Waals surface area contributed by atoms with Gasteiger partial charge in [0, 0.05) is 38.5 Å². The molecule has 10 heteroatoms. The van der Waals surface area contributed by atoms with Crippen molar-refractivity contribution in [2.24, 2.45) is 0 Å². The van der Waals surface area contributed by atoms with E-state index in [-0.39, 0.29) is 30.8 Å². The van der Waals surface area contributed by atoms with E-state index in [0.717, 1.165) is 5.75 Å². The van der Waals surface area contributed by atoms with E-state index in [4.69, 9.17) is 0 Å². The molecule has 2 aliphatic heterocycles. The van der Waals surface area contributed by atoms with E-state index < -0.39 is 10.0 Å². The van der Waals surface area contributed by atoms with Crippen molar-refractivity contribution in [2.45, 2.75) is 4.21 Å². The Morgan fingerprint density at radius 3 is 2.48 bits per heavy atom. The summed E-state index contributed by atoms with van der Waals surface area (Å²) in [6.07, 6.45) is 0. The van der Waals surface area contributed by atoms with Gasteiger partial charge in [-0.25, -0.2) is 8.42 Å². The third-order valence-corrected chi connectivity index (χ3v) is 8.02. The van der Waals surface area contributed by atoms with Crippen LogP contribution in [0.3, 0.4) is 0 Å². The number of piperazine rings is 1. The smallest absolute Gasteiger partial charge is 0.282 e. The van der Waals surface area contributed by atoms with Crippen molar-refractivity contribution in [3.05, 3.63) is 17.5 Å². The maximum absolute atomic E-state index is 12.4. The van der Waals surface area contributed by atoms with Crippen molar-refractivity contribution in [1.29, 1.82) is 0 Å². The molecule has 2 fully saturated rings. The van der Waals surface area contributed by atoms with E-state index in [0.29, 0.717) is 23.8 Å². The van der Waals surface area contributed by atoms with Crippen LogP contribution in [0.4, 0.5) is 4.79 Å². The van der Waals surface area contributed by atoms with Gasteiger partial charge in [-0.15, -0.1) is 11.3 Å². The maximum atomic E-state index is 12.4. The van der Waals surface area contributed by atoms with Crippen LogP contribution in [0.5, 0.6) is 0 Å². The summed E-state index contributed by atoms with van der Waals surface area (Å²) in [5.41, 5.74) is 0. The summed E-state index contributed by atoms with van der Waals surface area (Å²) in [7, 11) is -3.45. The van der Waals surface area contributed by atoms with Crippen molar-refractivity contribution in [3.63, 3.8) is 0 Å². The van der Waals surface area contributed by atoms with Crippen molar-refractivity contribution in [2.75, 3.05) is 45.0 Å². The van der Waals surface area contributed by atoms with Crippen molar-refractivity contribution < 1.29 is 18.0 Å². The van der Waals surface area contributed by atoms with E-state index in [1.54, 1.807) is 27.3 Å². The Bertz CT molecular complexity index is 681. The molecule has 126 valence electrons. The van der Waals surface area contributed by atoms with Gasteiger partial charge in [0.05, 0.1) is 0 Å². The van der Waals surface area contributed by atoms with Gasteiger partial charge in [-0.05, 0) is 11.4 Å². The Hall–Kier alpha value is -1.10. The van der Waals surface area contributed by atoms with Crippen molar-refractivity contribution in [3.8, 4) is 0 Å². The molecule has 0 bridgehead atoms. The SMILES string of the molecule is O=C(CN1CCSC1=O)N1CCN(S(=O)(=O)c2cccs2)CC1. The molecule has 7 nitrogen and oxygen atoms in total. The summed E-state index contributed by atoms with van der Waals surface area (Å²) < 4.78 is 26.6. The first-order chi connectivity index (χ1) is 11.0. The Kier molecular flexibility index (Phi) is 4.95. The Morgan fingerprint density at radius 2 is 1.91 bits per heavy atom. The zero-order chi connectivity index (χ0) is 16.4. The first-order valence-corrected chi connectivity index (χ1v) is 10.5. The molecule has 1 aromatic heterocycles. The van der Waals surface area contributed by atoms with Crippen LogP contribution in [0.25, 0.3) is 0 Å². The molecule has 0 aliphatic carbocycles. The first-order valence-electron chi connectivity index (χ1n) is 7.21. The number of thioether (sulfide) groups is 1. The highest BCUT2D eigenvalue weighted by atomic mass is 32.2. The van der Waals surface area contributed by atoms with Crippen LogP contribution in [0.1, 0.15) is 0 Å². The fraction of sp³-hybridized carbons (Fsp3) is 0.538. The minimum atomic E-state index is -3.45. The molecule has 0 saturated carbocycles. The van der Waals surface area contributed by atoms with Gasteiger partial charge in [0.25, 0.3) is 15.3 Å². The van der Waals surface area contributed by atoms with E-state index in [2.05, 4.69) is 0 Å². The zero-order valence-corrected chi connectivity index (χ0v) is 14.8. The Morgan fingerprint density at radius 1 is 1.17 bits per heavy atom. The average Bonchev–Trinajstić information content (AvgIpc) is 3.20. The normalized spacial score (nSPS) is 20.3. The molecule has 0 radical (unpaired) electrons. The Labute approximate surface area is 143 Å². The molecular formula is C13H17N3O4S3. The predicted molar refractivity (Wildman–Crippen MR) is 89.1 cm³/mol. The second-order valence-corrected chi connectivity index (χ2v) is 9.41. The molecule has 2 aliphatic rings. The molecule has 0 N–H and O–H groups in total. The molecule has 2 saturated heterocycles. The van der Waals surface area contributed by atoms with Crippen LogP contribution >= 0.6 is 23.1 Å². The third-order valence-electron chi connectivity index (χ3n) is 3.85. The highest BCUT2D eigenvalue weighted by molar-refractivity contribution is 8.13. The van der Waals surface area contributed by atoms with Crippen LogP contribution in [0.15, 0.2) is 21.7 Å². The first kappa shape index (κ1) is 16.7. The summed E-state index contributed by atoms with van der Waals surface area (Å²) in [6, 6.07) is 3.30. The molecule has 0 aromatic carbocycles. The maximum Gasteiger partial charge on any atom is 0.282 e. The number of carbonyl (C=O) groups is 2. The van der Waals surface area contributed by atoms with E-state index in [1.165, 1.54) is 27.4 Å². The van der Waals surface area contributed by atoms with Crippen LogP contribution in [0.2, 0.25) is 0 Å². The summed E-state index contributed by atoms with van der Waals surface area (Å²) in [6.45, 7) is 1.98.